The molecule has 12 nitrogen and oxygen atoms in total. The minimum absolute atomic E-state index is 1.35. The van der Waals surface area contributed by atoms with Gasteiger partial charge in [-0.15, -0.1) is 0 Å². The molecule has 0 heterocycles. The molecule has 4 unspecified atom stereocenters. The highest BCUT2D eigenvalue weighted by Gasteiger charge is 2.50. The van der Waals surface area contributed by atoms with Crippen LogP contribution in [-0.4, -0.2) is 66.5 Å². The topological polar surface area (TPSA) is 236 Å². The van der Waals surface area contributed by atoms with E-state index in [4.69, 9.17) is 30.6 Å². The predicted octanol–water partition coefficient (Wildman–Crippen LogP) is -4.29. The van der Waals surface area contributed by atoms with Crippen LogP contribution in [0.25, 0.3) is 0 Å². The molecule has 0 saturated carbocycles. The molecule has 0 aliphatic heterocycles. The lowest BCUT2D eigenvalue weighted by Gasteiger charge is -2.09. The molecule has 0 aromatic rings. The standard InChI is InChI=1S/2C3H5O6P/c2*4-1-3(7,2(5)6)10(8)9/h2*4,7H,1H2,(H,5,6). The Morgan fingerprint density at radius 1 is 0.850 bits per heavy atom. The first-order chi connectivity index (χ1) is 8.89. The molecule has 0 bridgehead atoms. The maximum absolute atomic E-state index is 9.94. The SMILES string of the molecule is O=C(O)C(O)(CO)[P+](=O)[O-].O=C(O)C(O)(CO)[P+](=O)[O-]. The van der Waals surface area contributed by atoms with E-state index in [0.717, 1.165) is 0 Å². The van der Waals surface area contributed by atoms with Gasteiger partial charge in [-0.1, -0.05) is 9.13 Å². The Hall–Kier alpha value is -1.10. The highest BCUT2D eigenvalue weighted by atomic mass is 31.1. The number of aliphatic hydroxyl groups is 4. The molecule has 0 fully saturated rings. The summed E-state index contributed by atoms with van der Waals surface area (Å²) in [6.07, 6.45) is 0. The number of aliphatic carboxylic acids is 2. The number of hydrogen-bond donors (Lipinski definition) is 6. The van der Waals surface area contributed by atoms with Crippen molar-refractivity contribution in [3.8, 4) is 0 Å². The summed E-state index contributed by atoms with van der Waals surface area (Å²) in [6.45, 7) is -2.69. The number of carboxylic acid groups (broad SMARTS) is 2. The van der Waals surface area contributed by atoms with Crippen LogP contribution in [0.3, 0.4) is 0 Å². The van der Waals surface area contributed by atoms with E-state index in [2.05, 4.69) is 0 Å². The third-order valence-electron chi connectivity index (χ3n) is 1.73. The lowest BCUT2D eigenvalue weighted by Crippen LogP contribution is -2.40. The van der Waals surface area contributed by atoms with Gasteiger partial charge in [0, 0.05) is 0 Å². The van der Waals surface area contributed by atoms with Crippen molar-refractivity contribution < 1.29 is 59.1 Å². The van der Waals surface area contributed by atoms with Gasteiger partial charge in [0.05, 0.1) is 0 Å². The molecular formula is C6H10O12P2. The van der Waals surface area contributed by atoms with E-state index < -0.39 is 51.9 Å². The maximum Gasteiger partial charge on any atom is 0.390 e. The van der Waals surface area contributed by atoms with Crippen LogP contribution in [0.15, 0.2) is 0 Å². The van der Waals surface area contributed by atoms with E-state index in [1.165, 1.54) is 0 Å². The number of hydrogen-bond acceptors (Lipinski definition) is 10. The lowest BCUT2D eigenvalue weighted by atomic mass is 10.4. The molecule has 0 aromatic carbocycles. The summed E-state index contributed by atoms with van der Waals surface area (Å²) in [7, 11) is -7.16. The normalized spacial score (nSPS) is 17.7. The van der Waals surface area contributed by atoms with Gasteiger partial charge in [0.25, 0.3) is 0 Å². The minimum Gasteiger partial charge on any atom is -0.593 e. The summed E-state index contributed by atoms with van der Waals surface area (Å²) in [5.74, 6) is -3.96. The second-order valence-corrected chi connectivity index (χ2v) is 5.58. The Morgan fingerprint density at radius 2 is 1.05 bits per heavy atom. The lowest BCUT2D eigenvalue weighted by molar-refractivity contribution is -0.190. The Morgan fingerprint density at radius 3 is 1.05 bits per heavy atom. The van der Waals surface area contributed by atoms with Gasteiger partial charge in [-0.05, 0) is 0 Å². The molecule has 0 aliphatic rings. The Balaban J connectivity index is 0. The van der Waals surface area contributed by atoms with Gasteiger partial charge in [-0.2, -0.15) is 0 Å². The second-order valence-electron chi connectivity index (χ2n) is 3.07. The van der Waals surface area contributed by atoms with E-state index in [0.29, 0.717) is 0 Å². The molecule has 0 aliphatic carbocycles. The van der Waals surface area contributed by atoms with Crippen LogP contribution in [0.5, 0.6) is 0 Å². The molecule has 0 rings (SSSR count). The first-order valence-corrected chi connectivity index (χ1v) is 6.67. The van der Waals surface area contributed by atoms with Crippen molar-refractivity contribution in [3.63, 3.8) is 0 Å². The van der Waals surface area contributed by atoms with E-state index in [1.54, 1.807) is 0 Å². The molecule has 6 N–H and O–H groups in total. The van der Waals surface area contributed by atoms with Crippen LogP contribution in [-0.2, 0) is 18.7 Å². The largest absolute Gasteiger partial charge is 0.593 e. The average molecular weight is 336 g/mol. The van der Waals surface area contributed by atoms with Crippen molar-refractivity contribution in [1.29, 1.82) is 0 Å². The summed E-state index contributed by atoms with van der Waals surface area (Å²) in [4.78, 5) is 39.7. The van der Waals surface area contributed by atoms with E-state index in [9.17, 15) is 28.5 Å². The zero-order chi connectivity index (χ0) is 16.7. The van der Waals surface area contributed by atoms with Crippen LogP contribution in [0, 0.1) is 0 Å². The number of aliphatic hydroxyl groups excluding tert-OH is 2. The van der Waals surface area contributed by atoms with Gasteiger partial charge in [0.15, 0.2) is 0 Å². The van der Waals surface area contributed by atoms with Crippen molar-refractivity contribution in [3.05, 3.63) is 0 Å². The first kappa shape index (κ1) is 21.2. The van der Waals surface area contributed by atoms with Gasteiger partial charge in [-0.25, -0.2) is 9.59 Å². The minimum atomic E-state index is -3.58. The van der Waals surface area contributed by atoms with Crippen molar-refractivity contribution in [2.75, 3.05) is 13.2 Å². The van der Waals surface area contributed by atoms with Crippen LogP contribution >= 0.6 is 16.1 Å². The fourth-order valence-electron chi connectivity index (χ4n) is 0.407. The summed E-state index contributed by atoms with van der Waals surface area (Å²) in [5.41, 5.74) is 0. The zero-order valence-electron chi connectivity index (χ0n) is 9.44. The molecule has 0 amide bonds. The fraction of sp³-hybridized carbons (Fsp3) is 0.667. The fourth-order valence-corrected chi connectivity index (χ4v) is 0.950. The Labute approximate surface area is 112 Å². The smallest absolute Gasteiger partial charge is 0.390 e. The van der Waals surface area contributed by atoms with Crippen LogP contribution in [0.4, 0.5) is 0 Å². The third-order valence-corrected chi connectivity index (χ3v) is 3.60. The highest BCUT2D eigenvalue weighted by Crippen LogP contribution is 2.28. The molecule has 0 saturated heterocycles. The van der Waals surface area contributed by atoms with Crippen LogP contribution < -0.4 is 9.79 Å². The van der Waals surface area contributed by atoms with E-state index >= 15 is 0 Å². The summed E-state index contributed by atoms with van der Waals surface area (Å²) in [6, 6.07) is 0. The summed E-state index contributed by atoms with van der Waals surface area (Å²) in [5, 5.41) is 43.2. The Kier molecular flexibility index (Phi) is 8.74. The average Bonchev–Trinajstić information content (AvgIpc) is 2.36. The number of rotatable bonds is 6. The molecule has 116 valence electrons. The molecule has 20 heavy (non-hydrogen) atoms. The van der Waals surface area contributed by atoms with Crippen LogP contribution in [0.1, 0.15) is 0 Å². The van der Waals surface area contributed by atoms with Crippen molar-refractivity contribution >= 4 is 28.0 Å². The van der Waals surface area contributed by atoms with Crippen molar-refractivity contribution in [2.45, 2.75) is 10.7 Å². The quantitative estimate of drug-likeness (QED) is 0.253. The van der Waals surface area contributed by atoms with Gasteiger partial charge in [0.2, 0.25) is 0 Å². The number of carboxylic acids is 2. The monoisotopic (exact) mass is 336 g/mol. The van der Waals surface area contributed by atoms with Crippen molar-refractivity contribution in [2.24, 2.45) is 0 Å². The van der Waals surface area contributed by atoms with Crippen molar-refractivity contribution in [1.82, 2.24) is 0 Å². The third kappa shape index (κ3) is 5.12. The van der Waals surface area contributed by atoms with Gasteiger partial charge in [0.1, 0.15) is 13.2 Å². The zero-order valence-corrected chi connectivity index (χ0v) is 11.2. The molecule has 0 radical (unpaired) electrons. The summed E-state index contributed by atoms with van der Waals surface area (Å²) >= 11 is 0. The molecule has 0 spiro atoms. The van der Waals surface area contributed by atoms with Gasteiger partial charge >= 0.3 is 38.7 Å². The highest BCUT2D eigenvalue weighted by molar-refractivity contribution is 7.39. The maximum atomic E-state index is 9.94. The number of carbonyl (C=O) groups is 2. The van der Waals surface area contributed by atoms with E-state index in [1.807, 2.05) is 0 Å². The predicted molar refractivity (Wildman–Crippen MR) is 54.6 cm³/mol. The van der Waals surface area contributed by atoms with Crippen LogP contribution in [0.2, 0.25) is 0 Å². The molecule has 0 aromatic heterocycles. The van der Waals surface area contributed by atoms with E-state index in [-0.39, 0.29) is 0 Å². The molecule has 4 atom stereocenters. The second kappa shape index (κ2) is 8.25. The first-order valence-electron chi connectivity index (χ1n) is 4.32. The summed E-state index contributed by atoms with van der Waals surface area (Å²) < 4.78 is 19.9. The van der Waals surface area contributed by atoms with Gasteiger partial charge in [-0.3, -0.25) is 0 Å². The molecular weight excluding hydrogens is 326 g/mol. The molecule has 14 heteroatoms. The van der Waals surface area contributed by atoms with Gasteiger partial charge < -0.3 is 40.4 Å². The Bertz CT molecular complexity index is 339.